The molecule has 0 heterocycles. The number of hydrogen-bond donors (Lipinski definition) is 2. The Morgan fingerprint density at radius 3 is 1.98 bits per heavy atom. The number of hydrogen-bond acceptors (Lipinski definition) is 2. The molecular formula is C28H25F9N2O2. The van der Waals surface area contributed by atoms with E-state index in [1.807, 2.05) is 0 Å². The number of carbonyl (C=O) groups is 1. The highest BCUT2D eigenvalue weighted by atomic mass is 19.4. The fourth-order valence-corrected chi connectivity index (χ4v) is 4.34. The molecule has 41 heavy (non-hydrogen) atoms. The van der Waals surface area contributed by atoms with Crippen LogP contribution in [-0.4, -0.2) is 30.3 Å². The lowest BCUT2D eigenvalue weighted by Gasteiger charge is -2.38. The largest absolute Gasteiger partial charge is 0.461 e. The van der Waals surface area contributed by atoms with E-state index in [0.717, 1.165) is 38.1 Å². The minimum atomic E-state index is -5.00. The molecule has 2 N–H and O–H groups in total. The van der Waals surface area contributed by atoms with E-state index in [1.165, 1.54) is 12.1 Å². The number of alkyl halides is 7. The highest BCUT2D eigenvalue weighted by molar-refractivity contribution is 5.77. The number of ether oxygens (including phenoxy) is 1. The standard InChI is InChI=1S/C28H25F9N2O2/c1-25(2,16-27(33,34)35)38-24(40)39-26(15-17-6-4-3-5-7-17,18-8-10-20(29)11-9-18)19-12-21(30)14-22(13-19)41-28(36,37)23(31)32/h3-14,23H,15-16H2,1-2H3,(H2,38,39,40). The third-order valence-electron chi connectivity index (χ3n) is 5.94. The van der Waals surface area contributed by atoms with Gasteiger partial charge in [-0.05, 0) is 54.8 Å². The van der Waals surface area contributed by atoms with Gasteiger partial charge in [0, 0.05) is 18.0 Å². The number of nitrogens with one attached hydrogen (secondary N) is 2. The lowest BCUT2D eigenvalue weighted by molar-refractivity contribution is -0.253. The van der Waals surface area contributed by atoms with E-state index in [0.29, 0.717) is 11.6 Å². The molecule has 3 aromatic rings. The summed E-state index contributed by atoms with van der Waals surface area (Å²) in [6.07, 6.45) is -15.6. The Labute approximate surface area is 229 Å². The van der Waals surface area contributed by atoms with Crippen LogP contribution in [0.2, 0.25) is 0 Å². The number of urea groups is 1. The van der Waals surface area contributed by atoms with E-state index in [-0.39, 0.29) is 17.5 Å². The van der Waals surface area contributed by atoms with Crippen LogP contribution in [0.5, 0.6) is 5.75 Å². The molecule has 222 valence electrons. The molecule has 2 amide bonds. The molecule has 1 unspecified atom stereocenters. The van der Waals surface area contributed by atoms with Gasteiger partial charge >= 0.3 is 24.7 Å². The monoisotopic (exact) mass is 592 g/mol. The number of halogens is 9. The van der Waals surface area contributed by atoms with Crippen molar-refractivity contribution in [2.45, 2.75) is 56.5 Å². The molecule has 3 aromatic carbocycles. The van der Waals surface area contributed by atoms with E-state index in [2.05, 4.69) is 15.4 Å². The summed E-state index contributed by atoms with van der Waals surface area (Å²) in [5, 5.41) is 4.71. The van der Waals surface area contributed by atoms with Gasteiger partial charge in [0.15, 0.2) is 0 Å². The van der Waals surface area contributed by atoms with Crippen LogP contribution in [0.4, 0.5) is 44.3 Å². The highest BCUT2D eigenvalue weighted by Crippen LogP contribution is 2.38. The first-order valence-electron chi connectivity index (χ1n) is 12.0. The summed E-state index contributed by atoms with van der Waals surface area (Å²) >= 11 is 0. The third kappa shape index (κ3) is 8.54. The van der Waals surface area contributed by atoms with Gasteiger partial charge in [-0.1, -0.05) is 42.5 Å². The average molecular weight is 593 g/mol. The van der Waals surface area contributed by atoms with Crippen molar-refractivity contribution in [2.75, 3.05) is 0 Å². The summed E-state index contributed by atoms with van der Waals surface area (Å²) in [6, 6.07) is 13.3. The van der Waals surface area contributed by atoms with Crippen LogP contribution in [0.3, 0.4) is 0 Å². The van der Waals surface area contributed by atoms with Gasteiger partial charge in [0.05, 0.1) is 12.0 Å². The molecule has 0 spiro atoms. The van der Waals surface area contributed by atoms with E-state index in [4.69, 9.17) is 0 Å². The van der Waals surface area contributed by atoms with E-state index < -0.39 is 59.6 Å². The zero-order valence-electron chi connectivity index (χ0n) is 21.6. The first-order valence-corrected chi connectivity index (χ1v) is 12.0. The predicted molar refractivity (Wildman–Crippen MR) is 132 cm³/mol. The molecule has 13 heteroatoms. The second kappa shape index (κ2) is 11.9. The smallest absolute Gasteiger partial charge is 0.428 e. The Bertz CT molecular complexity index is 1330. The van der Waals surface area contributed by atoms with Gasteiger partial charge < -0.3 is 15.4 Å². The maximum atomic E-state index is 14.8. The van der Waals surface area contributed by atoms with E-state index >= 15 is 0 Å². The van der Waals surface area contributed by atoms with Crippen LogP contribution < -0.4 is 15.4 Å². The van der Waals surface area contributed by atoms with Crippen molar-refractivity contribution >= 4 is 6.03 Å². The molecule has 0 saturated heterocycles. The van der Waals surface area contributed by atoms with E-state index in [9.17, 15) is 44.3 Å². The Kier molecular flexibility index (Phi) is 9.19. The molecule has 0 bridgehead atoms. The van der Waals surface area contributed by atoms with Gasteiger partial charge in [-0.3, -0.25) is 0 Å². The van der Waals surface area contributed by atoms with Gasteiger partial charge in [-0.25, -0.2) is 13.6 Å². The van der Waals surface area contributed by atoms with Crippen molar-refractivity contribution in [3.05, 3.63) is 101 Å². The Morgan fingerprint density at radius 1 is 0.805 bits per heavy atom. The van der Waals surface area contributed by atoms with Gasteiger partial charge in [-0.2, -0.15) is 30.7 Å². The van der Waals surface area contributed by atoms with Crippen molar-refractivity contribution in [1.29, 1.82) is 0 Å². The van der Waals surface area contributed by atoms with Crippen LogP contribution in [0.1, 0.15) is 37.0 Å². The molecule has 0 aromatic heterocycles. The maximum Gasteiger partial charge on any atom is 0.461 e. The molecule has 3 rings (SSSR count). The Balaban J connectivity index is 2.22. The highest BCUT2D eigenvalue weighted by Gasteiger charge is 2.45. The molecule has 4 nitrogen and oxygen atoms in total. The Hall–Kier alpha value is -3.90. The second-order valence-corrected chi connectivity index (χ2v) is 9.97. The topological polar surface area (TPSA) is 50.4 Å². The summed E-state index contributed by atoms with van der Waals surface area (Å²) < 4.78 is 125. The van der Waals surface area contributed by atoms with Crippen LogP contribution in [0, 0.1) is 11.6 Å². The molecule has 1 atom stereocenters. The number of rotatable bonds is 10. The molecule has 0 radical (unpaired) electrons. The molecule has 0 fully saturated rings. The number of carbonyl (C=O) groups excluding carboxylic acids is 1. The fraction of sp³-hybridized carbons (Fsp3) is 0.321. The normalized spacial score (nSPS) is 14.0. The summed E-state index contributed by atoms with van der Waals surface area (Å²) in [5.74, 6) is -2.95. The first kappa shape index (κ1) is 31.6. The predicted octanol–water partition coefficient (Wildman–Crippen LogP) is 7.72. The lowest BCUT2D eigenvalue weighted by atomic mass is 9.77. The van der Waals surface area contributed by atoms with Crippen LogP contribution >= 0.6 is 0 Å². The third-order valence-corrected chi connectivity index (χ3v) is 5.94. The van der Waals surface area contributed by atoms with Crippen LogP contribution in [0.25, 0.3) is 0 Å². The lowest BCUT2D eigenvalue weighted by Crippen LogP contribution is -2.57. The summed E-state index contributed by atoms with van der Waals surface area (Å²) in [7, 11) is 0. The van der Waals surface area contributed by atoms with Crippen molar-refractivity contribution in [2.24, 2.45) is 0 Å². The van der Waals surface area contributed by atoms with Crippen LogP contribution in [-0.2, 0) is 12.0 Å². The summed E-state index contributed by atoms with van der Waals surface area (Å²) in [4.78, 5) is 13.2. The van der Waals surface area contributed by atoms with Crippen molar-refractivity contribution in [3.8, 4) is 5.75 Å². The van der Waals surface area contributed by atoms with Crippen molar-refractivity contribution in [3.63, 3.8) is 0 Å². The fourth-order valence-electron chi connectivity index (χ4n) is 4.34. The minimum absolute atomic E-state index is 0.0590. The number of benzene rings is 3. The maximum absolute atomic E-state index is 14.8. The molecule has 0 aliphatic heterocycles. The Morgan fingerprint density at radius 2 is 1.41 bits per heavy atom. The summed E-state index contributed by atoms with van der Waals surface area (Å²) in [6.45, 7) is 2.22. The summed E-state index contributed by atoms with van der Waals surface area (Å²) in [5.41, 5.74) is -3.58. The second-order valence-electron chi connectivity index (χ2n) is 9.97. The molecule has 0 aliphatic carbocycles. The van der Waals surface area contributed by atoms with Gasteiger partial charge in [0.1, 0.15) is 17.4 Å². The zero-order valence-corrected chi connectivity index (χ0v) is 21.6. The van der Waals surface area contributed by atoms with Gasteiger partial charge in [0.2, 0.25) is 0 Å². The quantitative estimate of drug-likeness (QED) is 0.237. The molecule has 0 aliphatic rings. The number of amides is 2. The first-order chi connectivity index (χ1) is 18.9. The zero-order chi connectivity index (χ0) is 30.6. The SMILES string of the molecule is CC(C)(CC(F)(F)F)NC(=O)NC(Cc1ccccc1)(c1ccc(F)cc1)c1cc(F)cc(OC(F)(F)C(F)F)c1. The average Bonchev–Trinajstić information content (AvgIpc) is 2.82. The van der Waals surface area contributed by atoms with Crippen molar-refractivity contribution < 1.29 is 49.0 Å². The van der Waals surface area contributed by atoms with E-state index in [1.54, 1.807) is 30.3 Å². The molecule has 0 saturated carbocycles. The van der Waals surface area contributed by atoms with Gasteiger partial charge in [-0.15, -0.1) is 0 Å². The minimum Gasteiger partial charge on any atom is -0.428 e. The molecular weight excluding hydrogens is 567 g/mol. The van der Waals surface area contributed by atoms with Crippen molar-refractivity contribution in [1.82, 2.24) is 10.6 Å². The van der Waals surface area contributed by atoms with Gasteiger partial charge in [0.25, 0.3) is 0 Å². The van der Waals surface area contributed by atoms with Crippen LogP contribution in [0.15, 0.2) is 72.8 Å².